The van der Waals surface area contributed by atoms with Crippen molar-refractivity contribution in [1.82, 2.24) is 19.4 Å². The van der Waals surface area contributed by atoms with Crippen LogP contribution in [0.4, 0.5) is 0 Å². The van der Waals surface area contributed by atoms with Gasteiger partial charge in [-0.05, 0) is 31.4 Å². The second-order valence-corrected chi connectivity index (χ2v) is 6.51. The van der Waals surface area contributed by atoms with E-state index in [1.165, 1.54) is 12.8 Å². The Morgan fingerprint density at radius 3 is 3.00 bits per heavy atom. The normalized spacial score (nSPS) is 17.9. The zero-order chi connectivity index (χ0) is 16.8. The van der Waals surface area contributed by atoms with Crippen molar-refractivity contribution in [3.63, 3.8) is 0 Å². The Bertz CT molecular complexity index is 652. The van der Waals surface area contributed by atoms with Crippen LogP contribution >= 0.6 is 0 Å². The number of hydrogen-bond donors (Lipinski definition) is 0. The molecule has 0 aliphatic carbocycles. The number of imidazole rings is 1. The zero-order valence-electron chi connectivity index (χ0n) is 14.4. The van der Waals surface area contributed by atoms with Crippen molar-refractivity contribution in [1.29, 1.82) is 0 Å². The number of nitrogens with zero attached hydrogens (tertiary/aromatic N) is 4. The third kappa shape index (κ3) is 4.02. The largest absolute Gasteiger partial charge is 0.342 e. The molecule has 1 fully saturated rings. The number of rotatable bonds is 6. The number of pyridine rings is 1. The van der Waals surface area contributed by atoms with Gasteiger partial charge in [-0.1, -0.05) is 19.4 Å². The summed E-state index contributed by atoms with van der Waals surface area (Å²) in [6, 6.07) is 5.72. The molecule has 2 aromatic rings. The summed E-state index contributed by atoms with van der Waals surface area (Å²) in [4.78, 5) is 23.4. The number of hydrogen-bond acceptors (Lipinski definition) is 3. The van der Waals surface area contributed by atoms with Gasteiger partial charge < -0.3 is 9.47 Å². The van der Waals surface area contributed by atoms with Crippen LogP contribution in [0.3, 0.4) is 0 Å². The van der Waals surface area contributed by atoms with Crippen LogP contribution in [-0.2, 0) is 17.8 Å². The topological polar surface area (TPSA) is 51.0 Å². The number of unbranched alkanes of at least 4 members (excludes halogenated alkanes) is 1. The van der Waals surface area contributed by atoms with Crippen LogP contribution in [0.5, 0.6) is 0 Å². The maximum atomic E-state index is 12.6. The maximum Gasteiger partial charge on any atom is 0.228 e. The summed E-state index contributed by atoms with van der Waals surface area (Å²) in [7, 11) is 0. The summed E-state index contributed by atoms with van der Waals surface area (Å²) in [6.45, 7) is 4.84. The van der Waals surface area contributed by atoms with Gasteiger partial charge in [0.15, 0.2) is 0 Å². The molecule has 1 aliphatic rings. The van der Waals surface area contributed by atoms with E-state index in [-0.39, 0.29) is 5.91 Å². The second-order valence-electron chi connectivity index (χ2n) is 6.51. The predicted octanol–water partition coefficient (Wildman–Crippen LogP) is 3.03. The number of carbonyl (C=O) groups excluding carboxylic acids is 1. The molecule has 24 heavy (non-hydrogen) atoms. The van der Waals surface area contributed by atoms with E-state index >= 15 is 0 Å². The fraction of sp³-hybridized carbons (Fsp3) is 0.526. The standard InChI is InChI=1S/C19H26N4O/c1-2-3-11-22-13-10-21-19(22)16-7-6-12-23(15-16)18(24)14-17-8-4-5-9-20-17/h4-5,8-10,13,16H,2-3,6-7,11-12,14-15H2,1H3/t16-/m0/s1. The molecule has 128 valence electrons. The van der Waals surface area contributed by atoms with Gasteiger partial charge in [-0.2, -0.15) is 0 Å². The van der Waals surface area contributed by atoms with E-state index in [1.807, 2.05) is 29.3 Å². The molecule has 1 saturated heterocycles. The average molecular weight is 326 g/mol. The van der Waals surface area contributed by atoms with Gasteiger partial charge in [-0.25, -0.2) is 4.98 Å². The molecule has 0 bridgehead atoms. The molecule has 1 amide bonds. The van der Waals surface area contributed by atoms with Gasteiger partial charge in [0.05, 0.1) is 6.42 Å². The van der Waals surface area contributed by atoms with Crippen molar-refractivity contribution in [2.24, 2.45) is 0 Å². The van der Waals surface area contributed by atoms with E-state index in [0.717, 1.165) is 44.0 Å². The van der Waals surface area contributed by atoms with E-state index < -0.39 is 0 Å². The number of aryl methyl sites for hydroxylation is 1. The second kappa shape index (κ2) is 8.08. The number of amides is 1. The molecule has 3 heterocycles. The minimum absolute atomic E-state index is 0.171. The Hall–Kier alpha value is -2.17. The molecule has 5 heteroatoms. The monoisotopic (exact) mass is 326 g/mol. The van der Waals surface area contributed by atoms with Gasteiger partial charge in [0.25, 0.3) is 0 Å². The molecule has 3 rings (SSSR count). The van der Waals surface area contributed by atoms with Gasteiger partial charge in [0.1, 0.15) is 5.82 Å². The molecule has 0 aromatic carbocycles. The Balaban J connectivity index is 1.64. The molecule has 0 N–H and O–H groups in total. The van der Waals surface area contributed by atoms with E-state index in [1.54, 1.807) is 6.20 Å². The number of piperidine rings is 1. The van der Waals surface area contributed by atoms with E-state index in [2.05, 4.69) is 27.7 Å². The molecule has 1 aliphatic heterocycles. The third-order valence-corrected chi connectivity index (χ3v) is 4.70. The lowest BCUT2D eigenvalue weighted by Crippen LogP contribution is -2.40. The predicted molar refractivity (Wildman–Crippen MR) is 93.6 cm³/mol. The van der Waals surface area contributed by atoms with E-state index in [9.17, 15) is 4.79 Å². The van der Waals surface area contributed by atoms with Gasteiger partial charge in [0, 0.05) is 49.8 Å². The summed E-state index contributed by atoms with van der Waals surface area (Å²) in [5, 5.41) is 0. The minimum atomic E-state index is 0.171. The molecular weight excluding hydrogens is 300 g/mol. The van der Waals surface area contributed by atoms with Gasteiger partial charge in [-0.15, -0.1) is 0 Å². The highest BCUT2D eigenvalue weighted by Gasteiger charge is 2.27. The Morgan fingerprint density at radius 2 is 2.21 bits per heavy atom. The lowest BCUT2D eigenvalue weighted by molar-refractivity contribution is -0.131. The van der Waals surface area contributed by atoms with Gasteiger partial charge >= 0.3 is 0 Å². The van der Waals surface area contributed by atoms with Crippen LogP contribution in [0, 0.1) is 0 Å². The number of aromatic nitrogens is 3. The lowest BCUT2D eigenvalue weighted by Gasteiger charge is -2.32. The number of carbonyl (C=O) groups is 1. The molecule has 0 radical (unpaired) electrons. The molecule has 0 spiro atoms. The van der Waals surface area contributed by atoms with E-state index in [4.69, 9.17) is 0 Å². The molecule has 0 unspecified atom stereocenters. The minimum Gasteiger partial charge on any atom is -0.342 e. The summed E-state index contributed by atoms with van der Waals surface area (Å²) < 4.78 is 2.26. The van der Waals surface area contributed by atoms with Crippen LogP contribution < -0.4 is 0 Å². The van der Waals surface area contributed by atoms with Crippen molar-refractivity contribution >= 4 is 5.91 Å². The fourth-order valence-electron chi connectivity index (χ4n) is 3.38. The van der Waals surface area contributed by atoms with Crippen LogP contribution in [0.25, 0.3) is 0 Å². The summed E-state index contributed by atoms with van der Waals surface area (Å²) in [6.07, 6.45) is 10.6. The fourth-order valence-corrected chi connectivity index (χ4v) is 3.38. The van der Waals surface area contributed by atoms with E-state index in [0.29, 0.717) is 12.3 Å². The number of likely N-dealkylation sites (tertiary alicyclic amines) is 1. The first-order valence-electron chi connectivity index (χ1n) is 8.96. The average Bonchev–Trinajstić information content (AvgIpc) is 3.09. The Morgan fingerprint density at radius 1 is 1.29 bits per heavy atom. The molecule has 1 atom stereocenters. The van der Waals surface area contributed by atoms with Gasteiger partial charge in [-0.3, -0.25) is 9.78 Å². The lowest BCUT2D eigenvalue weighted by atomic mass is 9.96. The first-order chi connectivity index (χ1) is 11.8. The van der Waals surface area contributed by atoms with Crippen LogP contribution in [0.1, 0.15) is 50.0 Å². The smallest absolute Gasteiger partial charge is 0.228 e. The highest BCUT2D eigenvalue weighted by molar-refractivity contribution is 5.78. The van der Waals surface area contributed by atoms with Crippen molar-refractivity contribution < 1.29 is 4.79 Å². The molecule has 0 saturated carbocycles. The van der Waals surface area contributed by atoms with Crippen molar-refractivity contribution in [2.45, 2.75) is 51.5 Å². The maximum absolute atomic E-state index is 12.6. The van der Waals surface area contributed by atoms with Crippen LogP contribution in [0.15, 0.2) is 36.8 Å². The van der Waals surface area contributed by atoms with Crippen molar-refractivity contribution in [3.05, 3.63) is 48.3 Å². The first kappa shape index (κ1) is 16.7. The highest BCUT2D eigenvalue weighted by Crippen LogP contribution is 2.26. The van der Waals surface area contributed by atoms with Crippen molar-refractivity contribution in [2.75, 3.05) is 13.1 Å². The Kier molecular flexibility index (Phi) is 5.62. The SMILES string of the molecule is CCCCn1ccnc1[C@H]1CCCN(C(=O)Cc2ccccn2)C1. The third-order valence-electron chi connectivity index (χ3n) is 4.70. The summed E-state index contributed by atoms with van der Waals surface area (Å²) in [5.74, 6) is 1.65. The molecule has 5 nitrogen and oxygen atoms in total. The van der Waals surface area contributed by atoms with Crippen LogP contribution in [-0.4, -0.2) is 38.4 Å². The molecule has 2 aromatic heterocycles. The summed E-state index contributed by atoms with van der Waals surface area (Å²) >= 11 is 0. The summed E-state index contributed by atoms with van der Waals surface area (Å²) in [5.41, 5.74) is 0.842. The quantitative estimate of drug-likeness (QED) is 0.820. The molecular formula is C19H26N4O. The van der Waals surface area contributed by atoms with Crippen molar-refractivity contribution in [3.8, 4) is 0 Å². The first-order valence-corrected chi connectivity index (χ1v) is 8.96. The van der Waals surface area contributed by atoms with Gasteiger partial charge in [0.2, 0.25) is 5.91 Å². The highest BCUT2D eigenvalue weighted by atomic mass is 16.2. The zero-order valence-corrected chi connectivity index (χ0v) is 14.4. The van der Waals surface area contributed by atoms with Crippen LogP contribution in [0.2, 0.25) is 0 Å². The Labute approximate surface area is 143 Å².